The number of nitrogens with zero attached hydrogens (tertiary/aromatic N) is 2. The molecule has 0 bridgehead atoms. The first-order valence-electron chi connectivity index (χ1n) is 6.21. The molecule has 23 heavy (non-hydrogen) atoms. The number of carboxylic acid groups (broad SMARTS) is 1. The van der Waals surface area contributed by atoms with Gasteiger partial charge in [-0.1, -0.05) is 30.3 Å². The van der Waals surface area contributed by atoms with Crippen LogP contribution in [0.5, 0.6) is 5.75 Å². The van der Waals surface area contributed by atoms with Gasteiger partial charge in [0.05, 0.1) is 28.1 Å². The van der Waals surface area contributed by atoms with Gasteiger partial charge in [0, 0.05) is 6.07 Å². The zero-order chi connectivity index (χ0) is 17.1. The van der Waals surface area contributed by atoms with Crippen LogP contribution >= 0.6 is 0 Å². The van der Waals surface area contributed by atoms with Crippen molar-refractivity contribution in [1.29, 1.82) is 0 Å². The number of rotatable bonds is 5. The SMILES string of the molecule is COc1c([N+](=O)[O-])cc(C(=O)O)c(-c2ccccc2)c1[N+](=O)[O-]. The van der Waals surface area contributed by atoms with Gasteiger partial charge < -0.3 is 9.84 Å². The molecule has 2 aromatic rings. The molecule has 0 aliphatic carbocycles. The molecule has 0 fully saturated rings. The summed E-state index contributed by atoms with van der Waals surface area (Å²) in [5.41, 5.74) is -2.09. The van der Waals surface area contributed by atoms with E-state index in [2.05, 4.69) is 0 Å². The molecule has 0 aliphatic heterocycles. The second-order valence-corrected chi connectivity index (χ2v) is 4.39. The van der Waals surface area contributed by atoms with Crippen molar-refractivity contribution in [2.45, 2.75) is 0 Å². The molecule has 2 rings (SSSR count). The van der Waals surface area contributed by atoms with Gasteiger partial charge in [-0.25, -0.2) is 4.79 Å². The van der Waals surface area contributed by atoms with Gasteiger partial charge >= 0.3 is 17.3 Å². The fraction of sp³-hybridized carbons (Fsp3) is 0.0714. The van der Waals surface area contributed by atoms with Gasteiger partial charge in [0.15, 0.2) is 0 Å². The van der Waals surface area contributed by atoms with E-state index in [9.17, 15) is 30.1 Å². The Hall–Kier alpha value is -3.49. The van der Waals surface area contributed by atoms with Crippen molar-refractivity contribution in [2.75, 3.05) is 7.11 Å². The number of methoxy groups -OCH3 is 1. The molecule has 2 aromatic carbocycles. The Bertz CT molecular complexity index is 803. The Morgan fingerprint density at radius 1 is 1.13 bits per heavy atom. The lowest BCUT2D eigenvalue weighted by Crippen LogP contribution is -2.07. The number of ether oxygens (including phenoxy) is 1. The second-order valence-electron chi connectivity index (χ2n) is 4.39. The fourth-order valence-electron chi connectivity index (χ4n) is 2.21. The minimum absolute atomic E-state index is 0.241. The molecule has 0 spiro atoms. The predicted molar refractivity (Wildman–Crippen MR) is 78.7 cm³/mol. The Morgan fingerprint density at radius 2 is 1.74 bits per heavy atom. The van der Waals surface area contributed by atoms with E-state index >= 15 is 0 Å². The van der Waals surface area contributed by atoms with Crippen molar-refractivity contribution in [1.82, 2.24) is 0 Å². The van der Waals surface area contributed by atoms with Gasteiger partial charge in [-0.2, -0.15) is 0 Å². The summed E-state index contributed by atoms with van der Waals surface area (Å²) in [5, 5.41) is 31.8. The first kappa shape index (κ1) is 15.9. The van der Waals surface area contributed by atoms with E-state index in [0.717, 1.165) is 13.2 Å². The maximum atomic E-state index is 11.5. The zero-order valence-electron chi connectivity index (χ0n) is 11.8. The smallest absolute Gasteiger partial charge is 0.336 e. The topological polar surface area (TPSA) is 133 Å². The maximum absolute atomic E-state index is 11.5. The van der Waals surface area contributed by atoms with Crippen LogP contribution in [0.25, 0.3) is 11.1 Å². The van der Waals surface area contributed by atoms with Crippen LogP contribution in [0, 0.1) is 20.2 Å². The molecule has 0 unspecified atom stereocenters. The van der Waals surface area contributed by atoms with Crippen LogP contribution in [0.4, 0.5) is 11.4 Å². The molecule has 0 amide bonds. The van der Waals surface area contributed by atoms with E-state index in [1.807, 2.05) is 0 Å². The predicted octanol–water partition coefficient (Wildman–Crippen LogP) is 2.88. The average Bonchev–Trinajstić information content (AvgIpc) is 2.53. The zero-order valence-corrected chi connectivity index (χ0v) is 11.8. The fourth-order valence-corrected chi connectivity index (χ4v) is 2.21. The van der Waals surface area contributed by atoms with E-state index in [1.54, 1.807) is 18.2 Å². The highest BCUT2D eigenvalue weighted by molar-refractivity contribution is 6.01. The highest BCUT2D eigenvalue weighted by Gasteiger charge is 2.35. The molecule has 1 N–H and O–H groups in total. The van der Waals surface area contributed by atoms with Gasteiger partial charge in [-0.05, 0) is 5.56 Å². The van der Waals surface area contributed by atoms with Crippen molar-refractivity contribution < 1.29 is 24.5 Å². The molecule has 0 heterocycles. The molecular weight excluding hydrogens is 308 g/mol. The van der Waals surface area contributed by atoms with E-state index < -0.39 is 38.5 Å². The van der Waals surface area contributed by atoms with Gasteiger partial charge in [0.25, 0.3) is 5.75 Å². The molecule has 0 aromatic heterocycles. The Labute approximate surface area is 129 Å². The van der Waals surface area contributed by atoms with Gasteiger partial charge in [0.2, 0.25) is 0 Å². The van der Waals surface area contributed by atoms with Crippen molar-refractivity contribution in [3.63, 3.8) is 0 Å². The quantitative estimate of drug-likeness (QED) is 0.661. The lowest BCUT2D eigenvalue weighted by molar-refractivity contribution is -0.395. The number of benzene rings is 2. The Balaban J connectivity index is 3.01. The number of nitro benzene ring substituents is 2. The van der Waals surface area contributed by atoms with Crippen LogP contribution in [0.2, 0.25) is 0 Å². The van der Waals surface area contributed by atoms with Crippen molar-refractivity contribution in [3.8, 4) is 16.9 Å². The third kappa shape index (κ3) is 2.79. The van der Waals surface area contributed by atoms with Crippen molar-refractivity contribution in [2.24, 2.45) is 0 Å². The van der Waals surface area contributed by atoms with Crippen molar-refractivity contribution in [3.05, 3.63) is 62.2 Å². The van der Waals surface area contributed by atoms with Crippen LogP contribution in [0.3, 0.4) is 0 Å². The van der Waals surface area contributed by atoms with Gasteiger partial charge in [-0.3, -0.25) is 20.2 Å². The minimum atomic E-state index is -1.52. The standard InChI is InChI=1S/C14H10N2O7/c1-23-13-10(15(19)20)7-9(14(17)18)11(12(13)16(21)22)8-5-3-2-4-6-8/h2-7H,1H3,(H,17,18). The summed E-state index contributed by atoms with van der Waals surface area (Å²) in [7, 11) is 1.05. The van der Waals surface area contributed by atoms with E-state index in [0.29, 0.717) is 0 Å². The van der Waals surface area contributed by atoms with Gasteiger partial charge in [0.1, 0.15) is 0 Å². The minimum Gasteiger partial charge on any atom is -0.485 e. The highest BCUT2D eigenvalue weighted by atomic mass is 16.6. The summed E-state index contributed by atoms with van der Waals surface area (Å²) in [5.74, 6) is -2.11. The Kier molecular flexibility index (Phi) is 4.21. The summed E-state index contributed by atoms with van der Waals surface area (Å²) < 4.78 is 4.82. The maximum Gasteiger partial charge on any atom is 0.336 e. The van der Waals surface area contributed by atoms with E-state index in [4.69, 9.17) is 4.74 Å². The van der Waals surface area contributed by atoms with Crippen LogP contribution in [-0.2, 0) is 0 Å². The molecule has 0 saturated heterocycles. The summed E-state index contributed by atoms with van der Waals surface area (Å²) in [6, 6.07) is 8.49. The molecule has 9 heteroatoms. The largest absolute Gasteiger partial charge is 0.485 e. The summed E-state index contributed by atoms with van der Waals surface area (Å²) in [4.78, 5) is 32.2. The number of hydrogen-bond donors (Lipinski definition) is 1. The summed E-state index contributed by atoms with van der Waals surface area (Å²) >= 11 is 0. The van der Waals surface area contributed by atoms with Crippen LogP contribution in [-0.4, -0.2) is 28.0 Å². The third-order valence-corrected chi connectivity index (χ3v) is 3.11. The lowest BCUT2D eigenvalue weighted by Gasteiger charge is -2.11. The monoisotopic (exact) mass is 318 g/mol. The van der Waals surface area contributed by atoms with Crippen LogP contribution in [0.15, 0.2) is 36.4 Å². The molecule has 9 nitrogen and oxygen atoms in total. The summed E-state index contributed by atoms with van der Waals surface area (Å²) in [6.07, 6.45) is 0. The number of carboxylic acids is 1. The molecule has 0 aliphatic rings. The number of nitro groups is 2. The van der Waals surface area contributed by atoms with E-state index in [1.165, 1.54) is 12.1 Å². The van der Waals surface area contributed by atoms with Gasteiger partial charge in [-0.15, -0.1) is 0 Å². The molecular formula is C14H10N2O7. The number of hydrogen-bond acceptors (Lipinski definition) is 6. The van der Waals surface area contributed by atoms with Crippen molar-refractivity contribution >= 4 is 17.3 Å². The molecule has 118 valence electrons. The Morgan fingerprint density at radius 3 is 2.17 bits per heavy atom. The molecule has 0 radical (unpaired) electrons. The first-order chi connectivity index (χ1) is 10.9. The highest BCUT2D eigenvalue weighted by Crippen LogP contribution is 2.46. The normalized spacial score (nSPS) is 10.1. The number of carbonyl (C=O) groups is 1. The number of aromatic carboxylic acids is 1. The molecule has 0 atom stereocenters. The summed E-state index contributed by atoms with van der Waals surface area (Å²) in [6.45, 7) is 0. The van der Waals surface area contributed by atoms with Crippen LogP contribution < -0.4 is 4.74 Å². The van der Waals surface area contributed by atoms with Crippen LogP contribution in [0.1, 0.15) is 10.4 Å². The first-order valence-corrected chi connectivity index (χ1v) is 6.21. The second kappa shape index (κ2) is 6.10. The average molecular weight is 318 g/mol. The van der Waals surface area contributed by atoms with E-state index in [-0.39, 0.29) is 11.1 Å². The third-order valence-electron chi connectivity index (χ3n) is 3.11. The lowest BCUT2D eigenvalue weighted by atomic mass is 9.96. The molecule has 0 saturated carbocycles.